The fraction of sp³-hybridized carbons (Fsp3) is 0.118. The van der Waals surface area contributed by atoms with Gasteiger partial charge < -0.3 is 5.11 Å². The highest BCUT2D eigenvalue weighted by Gasteiger charge is 2.13. The highest BCUT2D eigenvalue weighted by atomic mass is 19.1. The molecule has 0 saturated heterocycles. The molecule has 0 fully saturated rings. The molecule has 0 saturated carbocycles. The van der Waals surface area contributed by atoms with E-state index in [4.69, 9.17) is 0 Å². The van der Waals surface area contributed by atoms with Gasteiger partial charge in [0.1, 0.15) is 11.9 Å². The minimum absolute atomic E-state index is 0.317. The largest absolute Gasteiger partial charge is 0.382 e. The second kappa shape index (κ2) is 5.02. The third kappa shape index (κ3) is 2.28. The Hall–Kier alpha value is -2.26. The predicted octanol–water partition coefficient (Wildman–Crippen LogP) is 3.76. The highest BCUT2D eigenvalue weighted by molar-refractivity contribution is 5.78. The summed E-state index contributed by atoms with van der Waals surface area (Å²) in [5.41, 5.74) is 2.41. The number of fused-ring (bicyclic) bond motifs is 1. The van der Waals surface area contributed by atoms with Crippen LogP contribution in [-0.2, 0) is 0 Å². The second-order valence-corrected chi connectivity index (χ2v) is 4.84. The average Bonchev–Trinajstić information content (AvgIpc) is 2.49. The van der Waals surface area contributed by atoms with Crippen molar-refractivity contribution in [2.45, 2.75) is 13.0 Å². The summed E-state index contributed by atoms with van der Waals surface area (Å²) in [4.78, 5) is 4.43. The molecule has 100 valence electrons. The van der Waals surface area contributed by atoms with Crippen LogP contribution < -0.4 is 0 Å². The summed E-state index contributed by atoms with van der Waals surface area (Å²) < 4.78 is 13.6. The van der Waals surface area contributed by atoms with Gasteiger partial charge >= 0.3 is 0 Å². The number of aromatic nitrogens is 1. The summed E-state index contributed by atoms with van der Waals surface area (Å²) in [6, 6.07) is 16.1. The molecule has 3 aromatic rings. The maximum absolute atomic E-state index is 13.6. The van der Waals surface area contributed by atoms with Gasteiger partial charge in [0.15, 0.2) is 0 Å². The highest BCUT2D eigenvalue weighted by Crippen LogP contribution is 2.24. The van der Waals surface area contributed by atoms with Crippen molar-refractivity contribution in [2.75, 3.05) is 0 Å². The molecule has 1 atom stereocenters. The van der Waals surface area contributed by atoms with Crippen LogP contribution in [0.4, 0.5) is 4.39 Å². The van der Waals surface area contributed by atoms with Crippen molar-refractivity contribution in [3.05, 3.63) is 77.2 Å². The summed E-state index contributed by atoms with van der Waals surface area (Å²) in [5, 5.41) is 11.4. The fourth-order valence-corrected chi connectivity index (χ4v) is 2.18. The zero-order chi connectivity index (χ0) is 14.1. The fourth-order valence-electron chi connectivity index (χ4n) is 2.18. The summed E-state index contributed by atoms with van der Waals surface area (Å²) in [5.74, 6) is -0.317. The Morgan fingerprint density at radius 2 is 1.85 bits per heavy atom. The maximum Gasteiger partial charge on any atom is 0.126 e. The van der Waals surface area contributed by atoms with E-state index in [0.29, 0.717) is 16.8 Å². The van der Waals surface area contributed by atoms with Gasteiger partial charge in [-0.2, -0.15) is 0 Å². The van der Waals surface area contributed by atoms with Gasteiger partial charge in [-0.1, -0.05) is 36.4 Å². The average molecular weight is 267 g/mol. The third-order valence-electron chi connectivity index (χ3n) is 3.41. The van der Waals surface area contributed by atoms with E-state index in [9.17, 15) is 9.50 Å². The topological polar surface area (TPSA) is 33.1 Å². The SMILES string of the molecule is Cc1ccc(C(O)c2ccc3ccccc3n2)cc1F. The lowest BCUT2D eigenvalue weighted by atomic mass is 10.0. The van der Waals surface area contributed by atoms with Crippen molar-refractivity contribution in [2.24, 2.45) is 0 Å². The number of para-hydroxylation sites is 1. The first-order valence-electron chi connectivity index (χ1n) is 6.45. The number of nitrogens with zero attached hydrogens (tertiary/aromatic N) is 1. The molecule has 2 aromatic carbocycles. The van der Waals surface area contributed by atoms with Crippen molar-refractivity contribution in [3.63, 3.8) is 0 Å². The Morgan fingerprint density at radius 3 is 2.65 bits per heavy atom. The van der Waals surface area contributed by atoms with Crippen LogP contribution in [0, 0.1) is 12.7 Å². The van der Waals surface area contributed by atoms with E-state index in [1.807, 2.05) is 30.3 Å². The zero-order valence-electron chi connectivity index (χ0n) is 11.0. The first kappa shape index (κ1) is 12.8. The molecule has 0 aliphatic rings. The van der Waals surface area contributed by atoms with Crippen molar-refractivity contribution in [3.8, 4) is 0 Å². The molecule has 0 spiro atoms. The van der Waals surface area contributed by atoms with E-state index < -0.39 is 6.10 Å². The summed E-state index contributed by atoms with van der Waals surface area (Å²) in [7, 11) is 0. The van der Waals surface area contributed by atoms with Crippen LogP contribution in [-0.4, -0.2) is 10.1 Å². The van der Waals surface area contributed by atoms with E-state index in [0.717, 1.165) is 10.9 Å². The van der Waals surface area contributed by atoms with E-state index in [2.05, 4.69) is 4.98 Å². The number of aliphatic hydroxyl groups is 1. The minimum atomic E-state index is -0.922. The van der Waals surface area contributed by atoms with Crippen molar-refractivity contribution in [1.82, 2.24) is 4.98 Å². The number of aryl methyl sites for hydroxylation is 1. The lowest BCUT2D eigenvalue weighted by Gasteiger charge is -2.12. The molecule has 0 radical (unpaired) electrons. The number of aliphatic hydroxyl groups excluding tert-OH is 1. The molecule has 1 unspecified atom stereocenters. The molecular weight excluding hydrogens is 253 g/mol. The van der Waals surface area contributed by atoms with E-state index in [1.165, 1.54) is 6.07 Å². The minimum Gasteiger partial charge on any atom is -0.382 e. The number of halogens is 1. The van der Waals surface area contributed by atoms with Crippen LogP contribution in [0.3, 0.4) is 0 Å². The van der Waals surface area contributed by atoms with Crippen LogP contribution in [0.15, 0.2) is 54.6 Å². The first-order chi connectivity index (χ1) is 9.65. The quantitative estimate of drug-likeness (QED) is 0.766. The van der Waals surface area contributed by atoms with Gasteiger partial charge in [-0.25, -0.2) is 9.37 Å². The lowest BCUT2D eigenvalue weighted by Crippen LogP contribution is -2.03. The molecular formula is C17H14FNO. The molecule has 1 N–H and O–H groups in total. The number of rotatable bonds is 2. The second-order valence-electron chi connectivity index (χ2n) is 4.84. The number of hydrogen-bond acceptors (Lipinski definition) is 2. The van der Waals surface area contributed by atoms with Crippen molar-refractivity contribution < 1.29 is 9.50 Å². The summed E-state index contributed by atoms with van der Waals surface area (Å²) >= 11 is 0. The smallest absolute Gasteiger partial charge is 0.126 e. The molecule has 3 heteroatoms. The molecule has 2 nitrogen and oxygen atoms in total. The van der Waals surface area contributed by atoms with Gasteiger partial charge in [0.25, 0.3) is 0 Å². The standard InChI is InChI=1S/C17H14FNO/c1-11-6-7-13(10-14(11)18)17(20)16-9-8-12-4-2-3-5-15(12)19-16/h2-10,17,20H,1H3. The van der Waals surface area contributed by atoms with Crippen molar-refractivity contribution in [1.29, 1.82) is 0 Å². The lowest BCUT2D eigenvalue weighted by molar-refractivity contribution is 0.215. The van der Waals surface area contributed by atoms with E-state index in [1.54, 1.807) is 25.1 Å². The van der Waals surface area contributed by atoms with Crippen LogP contribution in [0.1, 0.15) is 22.9 Å². The molecule has 0 bridgehead atoms. The number of benzene rings is 2. The van der Waals surface area contributed by atoms with E-state index in [-0.39, 0.29) is 5.82 Å². The van der Waals surface area contributed by atoms with Crippen LogP contribution >= 0.6 is 0 Å². The Labute approximate surface area is 116 Å². The molecule has 3 rings (SSSR count). The summed E-state index contributed by atoms with van der Waals surface area (Å²) in [6.45, 7) is 1.69. The number of hydrogen-bond donors (Lipinski definition) is 1. The zero-order valence-corrected chi connectivity index (χ0v) is 11.0. The number of pyridine rings is 1. The molecule has 1 heterocycles. The van der Waals surface area contributed by atoms with Gasteiger partial charge in [-0.3, -0.25) is 0 Å². The van der Waals surface area contributed by atoms with Crippen LogP contribution in [0.25, 0.3) is 10.9 Å². The molecule has 20 heavy (non-hydrogen) atoms. The Balaban J connectivity index is 2.02. The summed E-state index contributed by atoms with van der Waals surface area (Å²) in [6.07, 6.45) is -0.922. The molecule has 0 aliphatic heterocycles. The normalized spacial score (nSPS) is 12.6. The van der Waals surface area contributed by atoms with Gasteiger partial charge in [0.05, 0.1) is 11.2 Å². The Bertz CT molecular complexity index is 770. The Kier molecular flexibility index (Phi) is 3.20. The monoisotopic (exact) mass is 267 g/mol. The van der Waals surface area contributed by atoms with Crippen molar-refractivity contribution >= 4 is 10.9 Å². The first-order valence-corrected chi connectivity index (χ1v) is 6.45. The molecule has 1 aromatic heterocycles. The molecule has 0 aliphatic carbocycles. The van der Waals surface area contributed by atoms with Crippen LogP contribution in [0.5, 0.6) is 0 Å². The third-order valence-corrected chi connectivity index (χ3v) is 3.41. The van der Waals surface area contributed by atoms with Gasteiger partial charge in [0, 0.05) is 5.39 Å². The Morgan fingerprint density at radius 1 is 1.05 bits per heavy atom. The van der Waals surface area contributed by atoms with Gasteiger partial charge in [-0.15, -0.1) is 0 Å². The van der Waals surface area contributed by atoms with E-state index >= 15 is 0 Å². The maximum atomic E-state index is 13.6. The van der Waals surface area contributed by atoms with Gasteiger partial charge in [-0.05, 0) is 36.2 Å². The molecule has 0 amide bonds. The van der Waals surface area contributed by atoms with Gasteiger partial charge in [0.2, 0.25) is 0 Å². The predicted molar refractivity (Wildman–Crippen MR) is 76.9 cm³/mol. The van der Waals surface area contributed by atoms with Crippen LogP contribution in [0.2, 0.25) is 0 Å².